The molecule has 1 fully saturated rings. The highest BCUT2D eigenvalue weighted by Crippen LogP contribution is 2.23. The molecule has 0 aliphatic heterocycles. The van der Waals surface area contributed by atoms with Crippen molar-refractivity contribution in [3.05, 3.63) is 71.7 Å². The van der Waals surface area contributed by atoms with Crippen molar-refractivity contribution in [2.45, 2.75) is 32.0 Å². The normalized spacial score (nSPS) is 14.0. The lowest BCUT2D eigenvalue weighted by molar-refractivity contribution is 0.574. The number of nitrogens with zero attached hydrogens (tertiary/aromatic N) is 3. The number of halogens is 1. The molecular formula is C19H19FN4. The van der Waals surface area contributed by atoms with Gasteiger partial charge >= 0.3 is 0 Å². The number of hydrogen-bond donors (Lipinski definition) is 1. The van der Waals surface area contributed by atoms with E-state index in [1.165, 1.54) is 25.0 Å². The van der Waals surface area contributed by atoms with Crippen molar-refractivity contribution in [2.24, 2.45) is 0 Å². The molecule has 1 aliphatic rings. The molecule has 1 N–H and O–H groups in total. The molecule has 3 aromatic rings. The Morgan fingerprint density at radius 1 is 1.00 bits per heavy atom. The molecule has 4 nitrogen and oxygen atoms in total. The molecule has 0 atom stereocenters. The third-order valence-electron chi connectivity index (χ3n) is 4.14. The van der Waals surface area contributed by atoms with Crippen molar-refractivity contribution in [3.8, 4) is 11.3 Å². The Labute approximate surface area is 140 Å². The molecule has 0 saturated heterocycles. The van der Waals surface area contributed by atoms with Gasteiger partial charge in [0.1, 0.15) is 17.2 Å². The molecule has 2 aromatic carbocycles. The van der Waals surface area contributed by atoms with Gasteiger partial charge in [0.05, 0.1) is 6.54 Å². The van der Waals surface area contributed by atoms with Gasteiger partial charge in [0.15, 0.2) is 0 Å². The second-order valence-corrected chi connectivity index (χ2v) is 6.17. The number of nitrogens with one attached hydrogen (secondary N) is 1. The highest BCUT2D eigenvalue weighted by atomic mass is 19.1. The monoisotopic (exact) mass is 322 g/mol. The van der Waals surface area contributed by atoms with Gasteiger partial charge in [-0.05, 0) is 30.5 Å². The van der Waals surface area contributed by atoms with Gasteiger partial charge in [-0.2, -0.15) is 15.0 Å². The van der Waals surface area contributed by atoms with Gasteiger partial charge in [-0.3, -0.25) is 0 Å². The lowest BCUT2D eigenvalue weighted by Crippen LogP contribution is -2.16. The van der Waals surface area contributed by atoms with Crippen molar-refractivity contribution in [2.75, 3.05) is 0 Å². The predicted molar refractivity (Wildman–Crippen MR) is 90.8 cm³/mol. The summed E-state index contributed by atoms with van der Waals surface area (Å²) in [6.45, 7) is 1.25. The van der Waals surface area contributed by atoms with Crippen LogP contribution in [0.3, 0.4) is 0 Å². The maximum Gasteiger partial charge on any atom is 0.123 e. The highest BCUT2D eigenvalue weighted by Gasteiger charge is 2.22. The van der Waals surface area contributed by atoms with Crippen LogP contribution in [0.4, 0.5) is 4.39 Å². The maximum absolute atomic E-state index is 13.1. The summed E-state index contributed by atoms with van der Waals surface area (Å²) in [4.78, 5) is 1.69. The Balaban J connectivity index is 1.61. The van der Waals surface area contributed by atoms with E-state index in [2.05, 4.69) is 15.5 Å². The number of hydrogen-bond acceptors (Lipinski definition) is 3. The standard InChI is InChI=1S/C19H19FN4/c20-16-8-6-14(7-9-16)13-24-22-18(12-21-17-10-11-17)19(23-24)15-4-2-1-3-5-15/h1-9,17,21H,10-13H2. The first-order chi connectivity index (χ1) is 11.8. The van der Waals surface area contributed by atoms with Crippen molar-refractivity contribution >= 4 is 0 Å². The van der Waals surface area contributed by atoms with E-state index in [1.54, 1.807) is 16.9 Å². The Morgan fingerprint density at radius 3 is 2.46 bits per heavy atom. The summed E-state index contributed by atoms with van der Waals surface area (Å²) in [5, 5.41) is 12.8. The zero-order valence-corrected chi connectivity index (χ0v) is 13.3. The van der Waals surface area contributed by atoms with E-state index in [4.69, 9.17) is 0 Å². The van der Waals surface area contributed by atoms with Crippen molar-refractivity contribution in [1.29, 1.82) is 0 Å². The van der Waals surface area contributed by atoms with Crippen LogP contribution in [-0.4, -0.2) is 21.0 Å². The third kappa shape index (κ3) is 3.51. The van der Waals surface area contributed by atoms with Gasteiger partial charge in [-0.1, -0.05) is 42.5 Å². The molecule has 1 aliphatic carbocycles. The number of benzene rings is 2. The van der Waals surface area contributed by atoms with Gasteiger partial charge < -0.3 is 5.32 Å². The van der Waals surface area contributed by atoms with Crippen LogP contribution in [0, 0.1) is 5.82 Å². The smallest absolute Gasteiger partial charge is 0.123 e. The van der Waals surface area contributed by atoms with E-state index in [9.17, 15) is 4.39 Å². The average molecular weight is 322 g/mol. The van der Waals surface area contributed by atoms with Crippen LogP contribution < -0.4 is 5.32 Å². The molecule has 0 spiro atoms. The molecule has 24 heavy (non-hydrogen) atoms. The molecule has 0 bridgehead atoms. The summed E-state index contributed by atoms with van der Waals surface area (Å²) in [5.74, 6) is -0.230. The van der Waals surface area contributed by atoms with E-state index >= 15 is 0 Å². The average Bonchev–Trinajstić information content (AvgIpc) is 3.36. The predicted octanol–water partition coefficient (Wildman–Crippen LogP) is 3.38. The Kier molecular flexibility index (Phi) is 4.09. The Bertz CT molecular complexity index is 807. The summed E-state index contributed by atoms with van der Waals surface area (Å²) in [7, 11) is 0. The fraction of sp³-hybridized carbons (Fsp3) is 0.263. The van der Waals surface area contributed by atoms with E-state index in [-0.39, 0.29) is 5.82 Å². The number of rotatable bonds is 6. The minimum atomic E-state index is -0.230. The topological polar surface area (TPSA) is 42.7 Å². The van der Waals surface area contributed by atoms with Gasteiger partial charge in [-0.15, -0.1) is 0 Å². The third-order valence-corrected chi connectivity index (χ3v) is 4.14. The van der Waals surface area contributed by atoms with E-state index in [1.807, 2.05) is 30.3 Å². The van der Waals surface area contributed by atoms with Crippen molar-refractivity contribution in [1.82, 2.24) is 20.3 Å². The fourth-order valence-electron chi connectivity index (χ4n) is 2.67. The molecule has 0 unspecified atom stereocenters. The zero-order valence-electron chi connectivity index (χ0n) is 13.3. The molecule has 4 rings (SSSR count). The van der Waals surface area contributed by atoms with Crippen molar-refractivity contribution in [3.63, 3.8) is 0 Å². The van der Waals surface area contributed by atoms with Crippen LogP contribution in [0.5, 0.6) is 0 Å². The van der Waals surface area contributed by atoms with E-state index < -0.39 is 0 Å². The van der Waals surface area contributed by atoms with Crippen molar-refractivity contribution < 1.29 is 4.39 Å². The molecule has 0 radical (unpaired) electrons. The van der Waals surface area contributed by atoms with Crippen LogP contribution in [0.25, 0.3) is 11.3 Å². The molecule has 1 saturated carbocycles. The first kappa shape index (κ1) is 15.0. The molecule has 0 amide bonds. The van der Waals surface area contributed by atoms with E-state index in [0.717, 1.165) is 29.1 Å². The summed E-state index contributed by atoms with van der Waals surface area (Å²) in [6, 6.07) is 17.2. The molecular weight excluding hydrogens is 303 g/mol. The maximum atomic E-state index is 13.1. The summed E-state index contributed by atoms with van der Waals surface area (Å²) in [6.07, 6.45) is 2.48. The largest absolute Gasteiger partial charge is 0.308 e. The Hall–Kier alpha value is -2.53. The summed E-state index contributed by atoms with van der Waals surface area (Å²) < 4.78 is 13.1. The molecule has 1 heterocycles. The van der Waals surface area contributed by atoms with Gasteiger partial charge in [0.2, 0.25) is 0 Å². The van der Waals surface area contributed by atoms with Crippen LogP contribution >= 0.6 is 0 Å². The minimum Gasteiger partial charge on any atom is -0.308 e. The Morgan fingerprint density at radius 2 is 1.75 bits per heavy atom. The lowest BCUT2D eigenvalue weighted by atomic mass is 10.1. The minimum absolute atomic E-state index is 0.230. The summed E-state index contributed by atoms with van der Waals surface area (Å²) >= 11 is 0. The van der Waals surface area contributed by atoms with Crippen LogP contribution in [0.1, 0.15) is 24.1 Å². The van der Waals surface area contributed by atoms with Gasteiger partial charge in [-0.25, -0.2) is 4.39 Å². The zero-order chi connectivity index (χ0) is 16.4. The second kappa shape index (κ2) is 6.53. The number of aromatic nitrogens is 3. The molecule has 5 heteroatoms. The quantitative estimate of drug-likeness (QED) is 0.756. The lowest BCUT2D eigenvalue weighted by Gasteiger charge is -2.01. The van der Waals surface area contributed by atoms with Crippen LogP contribution in [-0.2, 0) is 13.1 Å². The molecule has 1 aromatic heterocycles. The van der Waals surface area contributed by atoms with Crippen LogP contribution in [0.15, 0.2) is 54.6 Å². The first-order valence-corrected chi connectivity index (χ1v) is 8.25. The van der Waals surface area contributed by atoms with Gasteiger partial charge in [0.25, 0.3) is 0 Å². The fourth-order valence-corrected chi connectivity index (χ4v) is 2.67. The van der Waals surface area contributed by atoms with Crippen LogP contribution in [0.2, 0.25) is 0 Å². The van der Waals surface area contributed by atoms with E-state index in [0.29, 0.717) is 12.6 Å². The molecule has 122 valence electrons. The first-order valence-electron chi connectivity index (χ1n) is 8.25. The summed E-state index contributed by atoms with van der Waals surface area (Å²) in [5.41, 5.74) is 3.91. The SMILES string of the molecule is Fc1ccc(Cn2nc(CNC3CC3)c(-c3ccccc3)n2)cc1. The highest BCUT2D eigenvalue weighted by molar-refractivity contribution is 5.60. The van der Waals surface area contributed by atoms with Gasteiger partial charge in [0, 0.05) is 18.2 Å². The second-order valence-electron chi connectivity index (χ2n) is 6.17.